The van der Waals surface area contributed by atoms with Crippen LogP contribution in [0.2, 0.25) is 0 Å². The van der Waals surface area contributed by atoms with Gasteiger partial charge < -0.3 is 25.2 Å². The molecule has 0 radical (unpaired) electrons. The van der Waals surface area contributed by atoms with Crippen LogP contribution in [0, 0.1) is 5.92 Å². The second-order valence-corrected chi connectivity index (χ2v) is 8.15. The second kappa shape index (κ2) is 16.6. The molecule has 0 bridgehead atoms. The monoisotopic (exact) mass is 474 g/mol. The summed E-state index contributed by atoms with van der Waals surface area (Å²) in [6.07, 6.45) is 4.31. The van der Waals surface area contributed by atoms with E-state index >= 15 is 0 Å². The fraction of sp³-hybridized carbons (Fsp3) is 0.500. The Bertz CT molecular complexity index is 783. The Morgan fingerprint density at radius 1 is 1.12 bits per heavy atom. The highest BCUT2D eigenvalue weighted by molar-refractivity contribution is 5.86. The molecule has 8 heteroatoms. The molecule has 4 atom stereocenters. The van der Waals surface area contributed by atoms with Gasteiger partial charge >= 0.3 is 5.97 Å². The molecule has 3 N–H and O–H groups in total. The van der Waals surface area contributed by atoms with Gasteiger partial charge in [0.1, 0.15) is 6.10 Å². The number of carbonyl (C=O) groups is 3. The average molecular weight is 475 g/mol. The molecule has 0 heterocycles. The lowest BCUT2D eigenvalue weighted by Gasteiger charge is -2.29. The molecule has 0 aliphatic rings. The number of amides is 2. The Morgan fingerprint density at radius 2 is 1.82 bits per heavy atom. The number of rotatable bonds is 17. The van der Waals surface area contributed by atoms with Crippen molar-refractivity contribution < 1.29 is 29.0 Å². The summed E-state index contributed by atoms with van der Waals surface area (Å²) in [6.45, 7) is 8.92. The number of carbonyl (C=O) groups excluding carboxylic acids is 3. The zero-order valence-corrected chi connectivity index (χ0v) is 20.2. The number of aliphatic hydroxyl groups is 1. The Morgan fingerprint density at radius 3 is 2.41 bits per heavy atom. The summed E-state index contributed by atoms with van der Waals surface area (Å²) in [5, 5.41) is 14.7. The molecule has 0 aliphatic heterocycles. The molecule has 1 aromatic rings. The van der Waals surface area contributed by atoms with E-state index in [0.717, 1.165) is 5.56 Å². The number of nitrogens with one attached hydrogen (secondary N) is 2. The molecule has 34 heavy (non-hydrogen) atoms. The van der Waals surface area contributed by atoms with Crippen LogP contribution in [0.1, 0.15) is 50.7 Å². The molecule has 0 spiro atoms. The van der Waals surface area contributed by atoms with Gasteiger partial charge in [0, 0.05) is 26.0 Å². The van der Waals surface area contributed by atoms with Crippen LogP contribution in [0.5, 0.6) is 0 Å². The lowest BCUT2D eigenvalue weighted by Crippen LogP contribution is -2.47. The molecule has 0 aliphatic carbocycles. The van der Waals surface area contributed by atoms with Crippen LogP contribution >= 0.6 is 0 Å². The van der Waals surface area contributed by atoms with Crippen molar-refractivity contribution in [2.24, 2.45) is 5.92 Å². The molecule has 0 saturated carbocycles. The van der Waals surface area contributed by atoms with Crippen molar-refractivity contribution >= 4 is 17.8 Å². The summed E-state index contributed by atoms with van der Waals surface area (Å²) in [4.78, 5) is 38.0. The molecular formula is C26H38N2O6. The van der Waals surface area contributed by atoms with Crippen LogP contribution in [0.25, 0.3) is 0 Å². The van der Waals surface area contributed by atoms with E-state index in [0.29, 0.717) is 12.8 Å². The molecule has 0 saturated heterocycles. The predicted molar refractivity (Wildman–Crippen MR) is 131 cm³/mol. The molecule has 8 nitrogen and oxygen atoms in total. The molecular weight excluding hydrogens is 436 g/mol. The summed E-state index contributed by atoms with van der Waals surface area (Å²) in [5.41, 5.74) is 0.719. The van der Waals surface area contributed by atoms with E-state index < -0.39 is 24.1 Å². The maximum Gasteiger partial charge on any atom is 0.306 e. The summed E-state index contributed by atoms with van der Waals surface area (Å²) < 4.78 is 11.1. The first-order valence-corrected chi connectivity index (χ1v) is 11.5. The van der Waals surface area contributed by atoms with Crippen LogP contribution < -0.4 is 10.6 Å². The van der Waals surface area contributed by atoms with E-state index in [1.807, 2.05) is 30.3 Å². The third-order valence-electron chi connectivity index (χ3n) is 5.15. The van der Waals surface area contributed by atoms with Gasteiger partial charge in [-0.1, -0.05) is 42.5 Å². The number of benzene rings is 1. The number of hydrogen-bond donors (Lipinski definition) is 3. The number of methoxy groups -OCH3 is 1. The number of aliphatic hydroxyl groups excluding tert-OH is 1. The van der Waals surface area contributed by atoms with Gasteiger partial charge in [0.2, 0.25) is 11.8 Å². The zero-order valence-electron chi connectivity index (χ0n) is 20.2. The minimum Gasteiger partial charge on any atom is -0.455 e. The lowest BCUT2D eigenvalue weighted by molar-refractivity contribution is -0.153. The number of allylic oxidation sites excluding steroid dienone is 2. The Hall–Kier alpha value is -2.97. The van der Waals surface area contributed by atoms with Crippen LogP contribution in [-0.4, -0.2) is 55.3 Å². The Labute approximate surface area is 202 Å². The van der Waals surface area contributed by atoms with Crippen molar-refractivity contribution in [3.05, 3.63) is 61.2 Å². The van der Waals surface area contributed by atoms with Gasteiger partial charge in [-0.3, -0.25) is 14.4 Å². The fourth-order valence-corrected chi connectivity index (χ4v) is 3.39. The molecule has 0 aromatic heterocycles. The van der Waals surface area contributed by atoms with Gasteiger partial charge in [-0.25, -0.2) is 0 Å². The van der Waals surface area contributed by atoms with Crippen molar-refractivity contribution in [3.63, 3.8) is 0 Å². The summed E-state index contributed by atoms with van der Waals surface area (Å²) in [5.74, 6) is -1.79. The fourth-order valence-electron chi connectivity index (χ4n) is 3.39. The standard InChI is InChI=1S/C26H38N2O6/c1-5-7-9-15-24(31)34-25(20-13-10-8-11-14-20)22(18-33-4)28-26(32)21(12-6-2)16-23(30)27-19(3)17-29/h5-6,8,10-11,13-14,19,21-22,25,29H,1-2,7,9,12,15-18H2,3-4H3,(H,27,30)(H,28,32)/t19-,21-,22+,25+/m1/s1. The van der Waals surface area contributed by atoms with E-state index in [1.165, 1.54) is 7.11 Å². The first-order chi connectivity index (χ1) is 16.4. The van der Waals surface area contributed by atoms with Crippen molar-refractivity contribution in [2.75, 3.05) is 20.3 Å². The van der Waals surface area contributed by atoms with Gasteiger partial charge in [0.15, 0.2) is 0 Å². The van der Waals surface area contributed by atoms with Crippen molar-refractivity contribution in [3.8, 4) is 0 Å². The minimum absolute atomic E-state index is 0.0702. The molecule has 0 fully saturated rings. The number of unbranched alkanes of at least 4 members (excludes halogenated alkanes) is 1. The minimum atomic E-state index is -0.769. The van der Waals surface area contributed by atoms with Crippen molar-refractivity contribution in [2.45, 2.75) is 57.2 Å². The van der Waals surface area contributed by atoms with Gasteiger partial charge in [-0.15, -0.1) is 13.2 Å². The summed E-state index contributed by atoms with van der Waals surface area (Å²) in [6, 6.07) is 8.06. The van der Waals surface area contributed by atoms with E-state index in [4.69, 9.17) is 14.6 Å². The highest BCUT2D eigenvalue weighted by Gasteiger charge is 2.31. The molecule has 188 valence electrons. The Balaban J connectivity index is 3.05. The van der Waals surface area contributed by atoms with Crippen LogP contribution in [0.3, 0.4) is 0 Å². The normalized spacial score (nSPS) is 14.2. The van der Waals surface area contributed by atoms with E-state index in [-0.39, 0.29) is 50.3 Å². The van der Waals surface area contributed by atoms with Crippen LogP contribution in [-0.2, 0) is 23.9 Å². The van der Waals surface area contributed by atoms with E-state index in [1.54, 1.807) is 19.1 Å². The number of ether oxygens (including phenoxy) is 2. The van der Waals surface area contributed by atoms with Gasteiger partial charge in [-0.05, 0) is 31.7 Å². The smallest absolute Gasteiger partial charge is 0.306 e. The molecule has 1 rings (SSSR count). The van der Waals surface area contributed by atoms with Gasteiger partial charge in [0.05, 0.1) is 25.2 Å². The maximum absolute atomic E-state index is 13.1. The highest BCUT2D eigenvalue weighted by Crippen LogP contribution is 2.24. The van der Waals surface area contributed by atoms with E-state index in [9.17, 15) is 14.4 Å². The zero-order chi connectivity index (χ0) is 25.3. The highest BCUT2D eigenvalue weighted by atomic mass is 16.5. The van der Waals surface area contributed by atoms with Crippen molar-refractivity contribution in [1.82, 2.24) is 10.6 Å². The summed E-state index contributed by atoms with van der Waals surface area (Å²) >= 11 is 0. The third-order valence-corrected chi connectivity index (χ3v) is 5.15. The quantitative estimate of drug-likeness (QED) is 0.182. The third kappa shape index (κ3) is 10.8. The number of hydrogen-bond acceptors (Lipinski definition) is 6. The largest absolute Gasteiger partial charge is 0.455 e. The van der Waals surface area contributed by atoms with E-state index in [2.05, 4.69) is 23.8 Å². The topological polar surface area (TPSA) is 114 Å². The summed E-state index contributed by atoms with van der Waals surface area (Å²) in [7, 11) is 1.50. The van der Waals surface area contributed by atoms with Crippen LogP contribution in [0.4, 0.5) is 0 Å². The maximum atomic E-state index is 13.1. The molecule has 1 aromatic carbocycles. The predicted octanol–water partition coefficient (Wildman–Crippen LogP) is 2.84. The Kier molecular flexibility index (Phi) is 14.2. The SMILES string of the molecule is C=CCCCC(=O)O[C@@H](c1ccccc1)[C@H](COC)NC(=O)[C@H](CC=C)CC(=O)N[C@H](C)CO. The van der Waals surface area contributed by atoms with Gasteiger partial charge in [-0.2, -0.15) is 0 Å². The lowest BCUT2D eigenvalue weighted by atomic mass is 9.97. The van der Waals surface area contributed by atoms with Gasteiger partial charge in [0.25, 0.3) is 0 Å². The van der Waals surface area contributed by atoms with Crippen LogP contribution in [0.15, 0.2) is 55.6 Å². The molecule has 0 unspecified atom stereocenters. The molecule has 2 amide bonds. The second-order valence-electron chi connectivity index (χ2n) is 8.15. The first-order valence-electron chi connectivity index (χ1n) is 11.5. The first kappa shape index (κ1) is 29.1. The number of esters is 1. The van der Waals surface area contributed by atoms with Crippen molar-refractivity contribution in [1.29, 1.82) is 0 Å². The average Bonchev–Trinajstić information content (AvgIpc) is 2.82.